The maximum atomic E-state index is 13.3. The first-order valence-electron chi connectivity index (χ1n) is 6.12. The lowest BCUT2D eigenvalue weighted by atomic mass is 9.98. The minimum Gasteiger partial charge on any atom is -0.388 e. The number of nitrogens with one attached hydrogen (secondary N) is 2. The number of urea groups is 1. The number of halogens is 2. The van der Waals surface area contributed by atoms with Crippen molar-refractivity contribution in [2.75, 3.05) is 11.9 Å². The van der Waals surface area contributed by atoms with Gasteiger partial charge in [0.2, 0.25) is 0 Å². The molecule has 1 aromatic rings. The van der Waals surface area contributed by atoms with E-state index < -0.39 is 23.3 Å². The summed E-state index contributed by atoms with van der Waals surface area (Å²) in [5.41, 5.74) is -1.23. The Morgan fingerprint density at radius 2 is 1.95 bits per heavy atom. The molecule has 1 aromatic carbocycles. The molecule has 0 unspecified atom stereocenters. The number of hydrogen-bond donors (Lipinski definition) is 3. The zero-order valence-electron chi connectivity index (χ0n) is 11.0. The van der Waals surface area contributed by atoms with Crippen molar-refractivity contribution in [3.63, 3.8) is 0 Å². The highest BCUT2D eigenvalue weighted by Crippen LogP contribution is 2.16. The van der Waals surface area contributed by atoms with Gasteiger partial charge in [-0.2, -0.15) is 0 Å². The molecule has 0 aliphatic carbocycles. The fraction of sp³-hybridized carbons (Fsp3) is 0.462. The smallest absolute Gasteiger partial charge is 0.319 e. The molecule has 1 rings (SSSR count). The van der Waals surface area contributed by atoms with Crippen LogP contribution in [0.3, 0.4) is 0 Å². The van der Waals surface area contributed by atoms with Gasteiger partial charge in [0.25, 0.3) is 0 Å². The lowest BCUT2D eigenvalue weighted by Crippen LogP contribution is -2.43. The predicted octanol–water partition coefficient (Wildman–Crippen LogP) is 2.64. The molecule has 4 nitrogen and oxygen atoms in total. The molecule has 0 spiro atoms. The van der Waals surface area contributed by atoms with E-state index in [2.05, 4.69) is 10.6 Å². The van der Waals surface area contributed by atoms with Crippen LogP contribution < -0.4 is 10.6 Å². The van der Waals surface area contributed by atoms with Gasteiger partial charge in [-0.05, 0) is 25.0 Å². The first kappa shape index (κ1) is 15.4. The standard InChI is InChI=1S/C13H18F2N2O2/c1-3-13(19,4-2)8-16-12(18)17-11-7-9(14)5-6-10(11)15/h5-7,19H,3-4,8H2,1-2H3,(H2,16,17,18). The van der Waals surface area contributed by atoms with Crippen molar-refractivity contribution in [2.24, 2.45) is 0 Å². The summed E-state index contributed by atoms with van der Waals surface area (Å²) in [6.07, 6.45) is 0.968. The van der Waals surface area contributed by atoms with Crippen molar-refractivity contribution in [1.82, 2.24) is 5.32 Å². The molecule has 0 aliphatic heterocycles. The van der Waals surface area contributed by atoms with Crippen LogP contribution in [-0.4, -0.2) is 23.3 Å². The molecule has 0 fully saturated rings. The molecule has 2 amide bonds. The minimum absolute atomic E-state index is 0.0444. The fourth-order valence-corrected chi connectivity index (χ4v) is 1.50. The van der Waals surface area contributed by atoms with Gasteiger partial charge < -0.3 is 15.7 Å². The van der Waals surface area contributed by atoms with Gasteiger partial charge in [0.05, 0.1) is 11.3 Å². The van der Waals surface area contributed by atoms with E-state index in [1.165, 1.54) is 0 Å². The van der Waals surface area contributed by atoms with Crippen molar-refractivity contribution >= 4 is 11.7 Å². The summed E-state index contributed by atoms with van der Waals surface area (Å²) in [5, 5.41) is 14.6. The Morgan fingerprint density at radius 1 is 1.32 bits per heavy atom. The highest BCUT2D eigenvalue weighted by Gasteiger charge is 2.22. The summed E-state index contributed by atoms with van der Waals surface area (Å²) in [6, 6.07) is 2.09. The van der Waals surface area contributed by atoms with E-state index in [-0.39, 0.29) is 12.2 Å². The number of aliphatic hydroxyl groups is 1. The van der Waals surface area contributed by atoms with Gasteiger partial charge in [0, 0.05) is 12.6 Å². The predicted molar refractivity (Wildman–Crippen MR) is 68.9 cm³/mol. The molecule has 3 N–H and O–H groups in total. The molecule has 19 heavy (non-hydrogen) atoms. The minimum atomic E-state index is -0.988. The normalized spacial score (nSPS) is 11.2. The molecule has 0 bridgehead atoms. The number of rotatable bonds is 5. The Labute approximate surface area is 110 Å². The lowest BCUT2D eigenvalue weighted by molar-refractivity contribution is 0.0354. The molecule has 0 aromatic heterocycles. The molecule has 0 saturated heterocycles. The quantitative estimate of drug-likeness (QED) is 0.771. The van der Waals surface area contributed by atoms with Crippen molar-refractivity contribution in [3.05, 3.63) is 29.8 Å². The van der Waals surface area contributed by atoms with E-state index in [1.54, 1.807) is 13.8 Å². The largest absolute Gasteiger partial charge is 0.388 e. The summed E-state index contributed by atoms with van der Waals surface area (Å²) < 4.78 is 26.2. The van der Waals surface area contributed by atoms with Crippen LogP contribution in [0.1, 0.15) is 26.7 Å². The van der Waals surface area contributed by atoms with Crippen LogP contribution in [0.25, 0.3) is 0 Å². The van der Waals surface area contributed by atoms with E-state index in [0.29, 0.717) is 12.8 Å². The van der Waals surface area contributed by atoms with Crippen LogP contribution in [0.15, 0.2) is 18.2 Å². The van der Waals surface area contributed by atoms with Crippen molar-refractivity contribution in [2.45, 2.75) is 32.3 Å². The Morgan fingerprint density at radius 3 is 2.53 bits per heavy atom. The Balaban J connectivity index is 2.58. The number of anilines is 1. The van der Waals surface area contributed by atoms with Crippen molar-refractivity contribution in [1.29, 1.82) is 0 Å². The van der Waals surface area contributed by atoms with Gasteiger partial charge in [0.1, 0.15) is 11.6 Å². The van der Waals surface area contributed by atoms with E-state index in [4.69, 9.17) is 0 Å². The molecule has 0 radical (unpaired) electrons. The summed E-state index contributed by atoms with van der Waals surface area (Å²) in [5.74, 6) is -1.37. The van der Waals surface area contributed by atoms with E-state index >= 15 is 0 Å². The van der Waals surface area contributed by atoms with Gasteiger partial charge >= 0.3 is 6.03 Å². The number of carbonyl (C=O) groups excluding carboxylic acids is 1. The van der Waals surface area contributed by atoms with E-state index in [9.17, 15) is 18.7 Å². The third kappa shape index (κ3) is 4.48. The molecule has 0 heterocycles. The third-order valence-electron chi connectivity index (χ3n) is 3.07. The molecule has 106 valence electrons. The Kier molecular flexibility index (Phi) is 5.23. The van der Waals surface area contributed by atoms with E-state index in [1.807, 2.05) is 0 Å². The Bertz CT molecular complexity index is 448. The summed E-state index contributed by atoms with van der Waals surface area (Å²) in [7, 11) is 0. The van der Waals surface area contributed by atoms with Crippen molar-refractivity contribution in [3.8, 4) is 0 Å². The number of amides is 2. The van der Waals surface area contributed by atoms with Crippen molar-refractivity contribution < 1.29 is 18.7 Å². The summed E-state index contributed by atoms with van der Waals surface area (Å²) in [6.45, 7) is 3.65. The monoisotopic (exact) mass is 272 g/mol. The molecule has 0 atom stereocenters. The second kappa shape index (κ2) is 6.47. The average Bonchev–Trinajstić information content (AvgIpc) is 2.40. The van der Waals surface area contributed by atoms with Gasteiger partial charge in [0.15, 0.2) is 0 Å². The van der Waals surface area contributed by atoms with Crippen LogP contribution in [0.5, 0.6) is 0 Å². The summed E-state index contributed by atoms with van der Waals surface area (Å²) >= 11 is 0. The maximum Gasteiger partial charge on any atom is 0.319 e. The first-order chi connectivity index (χ1) is 8.90. The van der Waals surface area contributed by atoms with Crippen LogP contribution in [0.2, 0.25) is 0 Å². The van der Waals surface area contributed by atoms with Crippen LogP contribution in [0, 0.1) is 11.6 Å². The van der Waals surface area contributed by atoms with Gasteiger partial charge in [-0.25, -0.2) is 13.6 Å². The molecular formula is C13H18F2N2O2. The number of carbonyl (C=O) groups is 1. The average molecular weight is 272 g/mol. The number of hydrogen-bond acceptors (Lipinski definition) is 2. The van der Waals surface area contributed by atoms with Crippen LogP contribution in [0.4, 0.5) is 19.3 Å². The zero-order valence-corrected chi connectivity index (χ0v) is 11.0. The maximum absolute atomic E-state index is 13.3. The SMILES string of the molecule is CCC(O)(CC)CNC(=O)Nc1cc(F)ccc1F. The van der Waals surface area contributed by atoms with Crippen LogP contribution >= 0.6 is 0 Å². The zero-order chi connectivity index (χ0) is 14.5. The van der Waals surface area contributed by atoms with Gasteiger partial charge in [-0.1, -0.05) is 13.8 Å². The highest BCUT2D eigenvalue weighted by atomic mass is 19.1. The molecule has 0 saturated carbocycles. The van der Waals surface area contributed by atoms with E-state index in [0.717, 1.165) is 18.2 Å². The topological polar surface area (TPSA) is 61.4 Å². The van der Waals surface area contributed by atoms with Gasteiger partial charge in [-0.3, -0.25) is 0 Å². The molecule has 0 aliphatic rings. The molecular weight excluding hydrogens is 254 g/mol. The van der Waals surface area contributed by atoms with Crippen LogP contribution in [-0.2, 0) is 0 Å². The highest BCUT2D eigenvalue weighted by molar-refractivity contribution is 5.89. The molecule has 6 heteroatoms. The lowest BCUT2D eigenvalue weighted by Gasteiger charge is -2.25. The number of benzene rings is 1. The Hall–Kier alpha value is -1.69. The second-order valence-corrected chi connectivity index (χ2v) is 4.36. The summed E-state index contributed by atoms with van der Waals surface area (Å²) in [4.78, 5) is 11.5. The van der Waals surface area contributed by atoms with Gasteiger partial charge in [-0.15, -0.1) is 0 Å². The third-order valence-corrected chi connectivity index (χ3v) is 3.07. The first-order valence-corrected chi connectivity index (χ1v) is 6.12. The fourth-order valence-electron chi connectivity index (χ4n) is 1.50. The second-order valence-electron chi connectivity index (χ2n) is 4.36.